The fourth-order valence-corrected chi connectivity index (χ4v) is 3.23. The minimum absolute atomic E-state index is 0.242. The summed E-state index contributed by atoms with van der Waals surface area (Å²) >= 11 is 0. The van der Waals surface area contributed by atoms with Crippen molar-refractivity contribution in [2.45, 2.75) is 39.5 Å². The zero-order valence-electron chi connectivity index (χ0n) is 11.4. The highest BCUT2D eigenvalue weighted by atomic mass is 19.1. The fraction of sp³-hybridized carbons (Fsp3) is 0.600. The smallest absolute Gasteiger partial charge is 0.127 e. The van der Waals surface area contributed by atoms with E-state index in [9.17, 15) is 4.39 Å². The van der Waals surface area contributed by atoms with E-state index < -0.39 is 0 Å². The van der Waals surface area contributed by atoms with Crippen LogP contribution in [0.5, 0.6) is 0 Å². The molecule has 0 bridgehead atoms. The summed E-state index contributed by atoms with van der Waals surface area (Å²) in [6.45, 7) is 6.55. The first-order valence-corrected chi connectivity index (χ1v) is 6.89. The second-order valence-corrected chi connectivity index (χ2v) is 5.60. The second kappa shape index (κ2) is 5.17. The lowest BCUT2D eigenvalue weighted by Gasteiger charge is -2.52. The summed E-state index contributed by atoms with van der Waals surface area (Å²) in [4.78, 5) is 2.24. The Morgan fingerprint density at radius 1 is 1.17 bits per heavy atom. The first-order chi connectivity index (χ1) is 8.58. The van der Waals surface area contributed by atoms with E-state index in [1.807, 2.05) is 6.07 Å². The largest absolute Gasteiger partial charge is 0.399 e. The second-order valence-electron chi connectivity index (χ2n) is 5.60. The van der Waals surface area contributed by atoms with E-state index in [0.29, 0.717) is 11.1 Å². The Balaban J connectivity index is 2.06. The summed E-state index contributed by atoms with van der Waals surface area (Å²) in [5, 5.41) is 0. The molecule has 2 rings (SSSR count). The lowest BCUT2D eigenvalue weighted by molar-refractivity contribution is 0.173. The normalized spacial score (nSPS) is 17.6. The molecule has 1 aliphatic heterocycles. The number of halogens is 1. The van der Waals surface area contributed by atoms with Crippen molar-refractivity contribution in [1.29, 1.82) is 0 Å². The predicted octanol–water partition coefficient (Wildman–Crippen LogP) is 3.81. The van der Waals surface area contributed by atoms with Crippen LogP contribution >= 0.6 is 0 Å². The molecule has 0 amide bonds. The number of nitrogens with zero attached hydrogens (tertiary/aromatic N) is 1. The van der Waals surface area contributed by atoms with Crippen molar-refractivity contribution in [3.8, 4) is 0 Å². The Labute approximate surface area is 109 Å². The van der Waals surface area contributed by atoms with Gasteiger partial charge in [0, 0.05) is 29.9 Å². The molecule has 1 aliphatic rings. The molecule has 100 valence electrons. The van der Waals surface area contributed by atoms with E-state index in [-0.39, 0.29) is 5.82 Å². The summed E-state index contributed by atoms with van der Waals surface area (Å²) in [7, 11) is 0. The van der Waals surface area contributed by atoms with E-state index in [0.717, 1.165) is 18.8 Å². The average Bonchev–Trinajstić information content (AvgIpc) is 2.24. The monoisotopic (exact) mass is 250 g/mol. The molecule has 1 fully saturated rings. The van der Waals surface area contributed by atoms with Crippen LogP contribution < -0.4 is 10.6 Å². The highest BCUT2D eigenvalue weighted by Crippen LogP contribution is 2.42. The molecule has 1 heterocycles. The van der Waals surface area contributed by atoms with Gasteiger partial charge in [-0.15, -0.1) is 0 Å². The number of hydrogen-bond donors (Lipinski definition) is 1. The van der Waals surface area contributed by atoms with Gasteiger partial charge in [0.1, 0.15) is 5.82 Å². The van der Waals surface area contributed by atoms with Gasteiger partial charge in [-0.25, -0.2) is 4.39 Å². The van der Waals surface area contributed by atoms with Crippen molar-refractivity contribution in [2.75, 3.05) is 23.7 Å². The maximum absolute atomic E-state index is 13.3. The van der Waals surface area contributed by atoms with Crippen LogP contribution in [0.15, 0.2) is 18.2 Å². The van der Waals surface area contributed by atoms with Crippen molar-refractivity contribution in [1.82, 2.24) is 0 Å². The molecule has 2 nitrogen and oxygen atoms in total. The molecule has 0 spiro atoms. The van der Waals surface area contributed by atoms with E-state index >= 15 is 0 Å². The van der Waals surface area contributed by atoms with Crippen molar-refractivity contribution in [3.63, 3.8) is 0 Å². The number of anilines is 2. The van der Waals surface area contributed by atoms with Crippen LogP contribution in [-0.4, -0.2) is 13.1 Å². The third-order valence-electron chi connectivity index (χ3n) is 3.88. The van der Waals surface area contributed by atoms with Crippen LogP contribution in [0.4, 0.5) is 15.8 Å². The Morgan fingerprint density at radius 2 is 1.78 bits per heavy atom. The Kier molecular flexibility index (Phi) is 3.79. The fourth-order valence-electron chi connectivity index (χ4n) is 3.23. The van der Waals surface area contributed by atoms with Gasteiger partial charge in [-0.05, 0) is 31.0 Å². The summed E-state index contributed by atoms with van der Waals surface area (Å²) in [5.41, 5.74) is 7.58. The van der Waals surface area contributed by atoms with Crippen LogP contribution in [-0.2, 0) is 0 Å². The Hall–Kier alpha value is -1.25. The number of hydrogen-bond acceptors (Lipinski definition) is 2. The number of benzene rings is 1. The van der Waals surface area contributed by atoms with E-state index in [1.54, 1.807) is 6.07 Å². The van der Waals surface area contributed by atoms with Gasteiger partial charge in [0.15, 0.2) is 0 Å². The third-order valence-corrected chi connectivity index (χ3v) is 3.88. The first kappa shape index (κ1) is 13.2. The highest BCUT2D eigenvalue weighted by molar-refractivity contribution is 5.58. The zero-order chi connectivity index (χ0) is 13.2. The molecule has 1 aromatic carbocycles. The Bertz CT molecular complexity index is 383. The first-order valence-electron chi connectivity index (χ1n) is 6.89. The van der Waals surface area contributed by atoms with E-state index in [1.165, 1.54) is 31.7 Å². The van der Waals surface area contributed by atoms with Crippen LogP contribution in [0.2, 0.25) is 0 Å². The van der Waals surface area contributed by atoms with Gasteiger partial charge >= 0.3 is 0 Å². The standard InChI is InChI=1S/C15H23FN2/c1-3-5-15(6-4-2)10-18(11-15)14-8-12(16)7-13(17)9-14/h7-9H,3-6,10-11,17H2,1-2H3. The molecule has 0 atom stereocenters. The highest BCUT2D eigenvalue weighted by Gasteiger charge is 2.41. The lowest BCUT2D eigenvalue weighted by atomic mass is 9.72. The third kappa shape index (κ3) is 2.60. The molecule has 0 unspecified atom stereocenters. The van der Waals surface area contributed by atoms with Crippen LogP contribution in [0.3, 0.4) is 0 Å². The minimum atomic E-state index is -0.242. The number of nitrogen functional groups attached to an aromatic ring is 1. The van der Waals surface area contributed by atoms with Gasteiger partial charge < -0.3 is 10.6 Å². The zero-order valence-corrected chi connectivity index (χ0v) is 11.4. The van der Waals surface area contributed by atoms with Crippen LogP contribution in [0.1, 0.15) is 39.5 Å². The predicted molar refractivity (Wildman–Crippen MR) is 75.3 cm³/mol. The van der Waals surface area contributed by atoms with Crippen molar-refractivity contribution >= 4 is 11.4 Å². The van der Waals surface area contributed by atoms with E-state index in [4.69, 9.17) is 5.73 Å². The van der Waals surface area contributed by atoms with Gasteiger partial charge in [0.25, 0.3) is 0 Å². The molecule has 0 radical (unpaired) electrons. The molecule has 0 aromatic heterocycles. The number of rotatable bonds is 5. The molecule has 18 heavy (non-hydrogen) atoms. The maximum atomic E-state index is 13.3. The van der Waals surface area contributed by atoms with Gasteiger partial charge in [0.05, 0.1) is 0 Å². The van der Waals surface area contributed by atoms with Crippen LogP contribution in [0, 0.1) is 11.2 Å². The number of nitrogens with two attached hydrogens (primary N) is 1. The molecular formula is C15H23FN2. The van der Waals surface area contributed by atoms with Crippen molar-refractivity contribution in [3.05, 3.63) is 24.0 Å². The quantitative estimate of drug-likeness (QED) is 0.805. The van der Waals surface area contributed by atoms with Crippen molar-refractivity contribution < 1.29 is 4.39 Å². The van der Waals surface area contributed by atoms with Gasteiger partial charge in [-0.3, -0.25) is 0 Å². The molecule has 2 N–H and O–H groups in total. The van der Waals surface area contributed by atoms with Crippen LogP contribution in [0.25, 0.3) is 0 Å². The SMILES string of the molecule is CCCC1(CCC)CN(c2cc(N)cc(F)c2)C1. The summed E-state index contributed by atoms with van der Waals surface area (Å²) < 4.78 is 13.3. The van der Waals surface area contributed by atoms with Gasteiger partial charge in [-0.1, -0.05) is 26.7 Å². The molecule has 0 saturated carbocycles. The molecule has 0 aliphatic carbocycles. The summed E-state index contributed by atoms with van der Waals surface area (Å²) in [6.07, 6.45) is 4.97. The van der Waals surface area contributed by atoms with E-state index in [2.05, 4.69) is 18.7 Å². The topological polar surface area (TPSA) is 29.3 Å². The van der Waals surface area contributed by atoms with Crippen molar-refractivity contribution in [2.24, 2.45) is 5.41 Å². The maximum Gasteiger partial charge on any atom is 0.127 e. The van der Waals surface area contributed by atoms with Gasteiger partial charge in [0.2, 0.25) is 0 Å². The Morgan fingerprint density at radius 3 is 2.28 bits per heavy atom. The van der Waals surface area contributed by atoms with Gasteiger partial charge in [-0.2, -0.15) is 0 Å². The summed E-state index contributed by atoms with van der Waals surface area (Å²) in [6, 6.07) is 4.82. The molecule has 1 saturated heterocycles. The molecular weight excluding hydrogens is 227 g/mol. The molecule has 1 aromatic rings. The summed E-state index contributed by atoms with van der Waals surface area (Å²) in [5.74, 6) is -0.242. The minimum Gasteiger partial charge on any atom is -0.399 e. The lowest BCUT2D eigenvalue weighted by Crippen LogP contribution is -2.56. The molecule has 3 heteroatoms. The average molecular weight is 250 g/mol.